The summed E-state index contributed by atoms with van der Waals surface area (Å²) in [6, 6.07) is 7.86. The maximum atomic E-state index is 12.5. The van der Waals surface area contributed by atoms with Crippen molar-refractivity contribution in [3.63, 3.8) is 0 Å². The summed E-state index contributed by atoms with van der Waals surface area (Å²) in [7, 11) is 0. The average molecular weight is 287 g/mol. The van der Waals surface area contributed by atoms with Crippen molar-refractivity contribution in [3.8, 4) is 0 Å². The van der Waals surface area contributed by atoms with Gasteiger partial charge in [0.25, 0.3) is 0 Å². The summed E-state index contributed by atoms with van der Waals surface area (Å²) in [5.41, 5.74) is 8.31. The molecule has 0 bridgehead atoms. The van der Waals surface area contributed by atoms with E-state index in [-0.39, 0.29) is 12.5 Å². The number of carbonyl (C=O) groups excluding carboxylic acids is 1. The fourth-order valence-corrected chi connectivity index (χ4v) is 2.25. The topological polar surface area (TPSA) is 77.0 Å². The molecule has 2 N–H and O–H groups in total. The number of aromatic nitrogens is 3. The summed E-state index contributed by atoms with van der Waals surface area (Å²) in [6.45, 7) is 5.29. The van der Waals surface area contributed by atoms with Crippen molar-refractivity contribution >= 4 is 11.6 Å². The molecule has 21 heavy (non-hydrogen) atoms. The molecule has 0 aliphatic heterocycles. The van der Waals surface area contributed by atoms with Crippen LogP contribution in [0.2, 0.25) is 0 Å². The number of nitrogens with two attached hydrogens (primary N) is 1. The molecule has 1 aromatic heterocycles. The van der Waals surface area contributed by atoms with Crippen molar-refractivity contribution in [2.75, 3.05) is 18.0 Å². The van der Waals surface area contributed by atoms with Crippen LogP contribution in [-0.2, 0) is 17.8 Å². The van der Waals surface area contributed by atoms with Gasteiger partial charge >= 0.3 is 0 Å². The van der Waals surface area contributed by atoms with Gasteiger partial charge < -0.3 is 10.6 Å². The van der Waals surface area contributed by atoms with Crippen molar-refractivity contribution in [2.45, 2.75) is 26.8 Å². The van der Waals surface area contributed by atoms with Gasteiger partial charge in [0.15, 0.2) is 0 Å². The molecule has 0 spiro atoms. The van der Waals surface area contributed by atoms with Crippen LogP contribution < -0.4 is 10.6 Å². The van der Waals surface area contributed by atoms with Crippen LogP contribution in [0.25, 0.3) is 0 Å². The fourth-order valence-electron chi connectivity index (χ4n) is 2.25. The number of para-hydroxylation sites is 1. The third-order valence-corrected chi connectivity index (χ3v) is 3.31. The van der Waals surface area contributed by atoms with Gasteiger partial charge in [0.2, 0.25) is 5.91 Å². The lowest BCUT2D eigenvalue weighted by molar-refractivity contribution is -0.119. The Kier molecular flexibility index (Phi) is 5.05. The van der Waals surface area contributed by atoms with Crippen LogP contribution in [0.4, 0.5) is 5.69 Å². The summed E-state index contributed by atoms with van der Waals surface area (Å²) < 4.78 is 1.56. The number of hydrogen-bond donors (Lipinski definition) is 1. The molecule has 0 radical (unpaired) electrons. The summed E-state index contributed by atoms with van der Waals surface area (Å²) >= 11 is 0. The van der Waals surface area contributed by atoms with E-state index in [1.165, 1.54) is 0 Å². The van der Waals surface area contributed by atoms with Gasteiger partial charge in [0, 0.05) is 24.8 Å². The zero-order valence-corrected chi connectivity index (χ0v) is 12.5. The second-order valence-electron chi connectivity index (χ2n) is 4.87. The molecule has 0 saturated heterocycles. The second kappa shape index (κ2) is 6.99. The Hall–Kier alpha value is -2.21. The van der Waals surface area contributed by atoms with E-state index < -0.39 is 0 Å². The number of rotatable bonds is 6. The molecule has 1 aromatic carbocycles. The van der Waals surface area contributed by atoms with Crippen LogP contribution in [0, 0.1) is 6.92 Å². The number of likely N-dealkylation sites (N-methyl/N-ethyl adjacent to an activating group) is 1. The third-order valence-electron chi connectivity index (χ3n) is 3.31. The first-order chi connectivity index (χ1) is 10.2. The molecule has 0 saturated carbocycles. The third kappa shape index (κ3) is 3.66. The Morgan fingerprint density at radius 2 is 2.14 bits per heavy atom. The maximum absolute atomic E-state index is 12.5. The molecule has 0 aliphatic rings. The van der Waals surface area contributed by atoms with E-state index >= 15 is 0 Å². The number of nitrogens with zero attached hydrogens (tertiary/aromatic N) is 4. The number of carbonyl (C=O) groups is 1. The first-order valence-corrected chi connectivity index (χ1v) is 7.10. The van der Waals surface area contributed by atoms with Crippen LogP contribution in [0.1, 0.15) is 18.2 Å². The highest BCUT2D eigenvalue weighted by molar-refractivity contribution is 5.93. The van der Waals surface area contributed by atoms with E-state index in [2.05, 4.69) is 10.3 Å². The van der Waals surface area contributed by atoms with Gasteiger partial charge in [0.05, 0.1) is 5.69 Å². The zero-order valence-electron chi connectivity index (χ0n) is 12.5. The minimum Gasteiger partial charge on any atom is -0.330 e. The van der Waals surface area contributed by atoms with Crippen molar-refractivity contribution in [1.82, 2.24) is 15.0 Å². The monoisotopic (exact) mass is 287 g/mol. The molecule has 0 unspecified atom stereocenters. The molecule has 6 nitrogen and oxygen atoms in total. The minimum atomic E-state index is -0.00371. The molecule has 0 fully saturated rings. The minimum absolute atomic E-state index is 0.00371. The Morgan fingerprint density at radius 1 is 1.38 bits per heavy atom. The predicted molar refractivity (Wildman–Crippen MR) is 82.0 cm³/mol. The summed E-state index contributed by atoms with van der Waals surface area (Å²) in [6.07, 6.45) is 2.44. The second-order valence-corrected chi connectivity index (χ2v) is 4.87. The van der Waals surface area contributed by atoms with Crippen molar-refractivity contribution in [3.05, 3.63) is 41.7 Å². The Balaban J connectivity index is 2.11. The summed E-state index contributed by atoms with van der Waals surface area (Å²) in [5, 5.41) is 7.97. The number of anilines is 1. The smallest absolute Gasteiger partial charge is 0.248 e. The zero-order chi connectivity index (χ0) is 15.2. The average Bonchev–Trinajstić information content (AvgIpc) is 2.89. The largest absolute Gasteiger partial charge is 0.330 e. The number of amides is 1. The van der Waals surface area contributed by atoms with Gasteiger partial charge in [-0.25, -0.2) is 4.68 Å². The quantitative estimate of drug-likeness (QED) is 0.864. The Morgan fingerprint density at radius 3 is 2.81 bits per heavy atom. The Bertz CT molecular complexity index is 608. The standard InChI is InChI=1S/C15H21N5O/c1-3-20(14-7-5-4-6-12(14)2)15(21)11-19-10-13(8-9-16)17-18-19/h4-7,10H,3,8-9,11,16H2,1-2H3. The van der Waals surface area contributed by atoms with Crippen molar-refractivity contribution in [1.29, 1.82) is 0 Å². The molecule has 1 heterocycles. The van der Waals surface area contributed by atoms with Gasteiger partial charge in [-0.2, -0.15) is 0 Å². The van der Waals surface area contributed by atoms with E-state index in [9.17, 15) is 4.79 Å². The highest BCUT2D eigenvalue weighted by Crippen LogP contribution is 2.19. The highest BCUT2D eigenvalue weighted by Gasteiger charge is 2.16. The van der Waals surface area contributed by atoms with E-state index in [1.807, 2.05) is 38.1 Å². The van der Waals surface area contributed by atoms with Gasteiger partial charge in [-0.1, -0.05) is 23.4 Å². The molecule has 0 atom stereocenters. The molecular weight excluding hydrogens is 266 g/mol. The lowest BCUT2D eigenvalue weighted by atomic mass is 10.2. The number of hydrogen-bond acceptors (Lipinski definition) is 4. The van der Waals surface area contributed by atoms with E-state index in [0.29, 0.717) is 19.5 Å². The lowest BCUT2D eigenvalue weighted by Crippen LogP contribution is -2.34. The number of benzene rings is 1. The molecule has 2 rings (SSSR count). The summed E-state index contributed by atoms with van der Waals surface area (Å²) in [4.78, 5) is 14.2. The molecule has 112 valence electrons. The first-order valence-electron chi connectivity index (χ1n) is 7.10. The van der Waals surface area contributed by atoms with E-state index in [0.717, 1.165) is 16.9 Å². The van der Waals surface area contributed by atoms with Crippen molar-refractivity contribution in [2.24, 2.45) is 5.73 Å². The summed E-state index contributed by atoms with van der Waals surface area (Å²) in [5.74, 6) is -0.00371. The fraction of sp³-hybridized carbons (Fsp3) is 0.400. The molecule has 1 amide bonds. The van der Waals surface area contributed by atoms with Crippen LogP contribution in [0.3, 0.4) is 0 Å². The van der Waals surface area contributed by atoms with Crippen LogP contribution in [-0.4, -0.2) is 34.0 Å². The maximum Gasteiger partial charge on any atom is 0.248 e. The number of aryl methyl sites for hydroxylation is 1. The Labute approximate surface area is 124 Å². The van der Waals surface area contributed by atoms with Crippen LogP contribution in [0.15, 0.2) is 30.5 Å². The van der Waals surface area contributed by atoms with E-state index in [1.54, 1.807) is 15.8 Å². The SMILES string of the molecule is CCN(C(=O)Cn1cc(CCN)nn1)c1ccccc1C. The molecule has 6 heteroatoms. The molecule has 0 aliphatic carbocycles. The lowest BCUT2D eigenvalue weighted by Gasteiger charge is -2.22. The first kappa shape index (κ1) is 15.2. The molecular formula is C15H21N5O. The van der Waals surface area contributed by atoms with Gasteiger partial charge in [-0.15, -0.1) is 5.10 Å². The van der Waals surface area contributed by atoms with Gasteiger partial charge in [-0.3, -0.25) is 4.79 Å². The molecule has 2 aromatic rings. The van der Waals surface area contributed by atoms with E-state index in [4.69, 9.17) is 5.73 Å². The van der Waals surface area contributed by atoms with Crippen LogP contribution in [0.5, 0.6) is 0 Å². The highest BCUT2D eigenvalue weighted by atomic mass is 16.2. The predicted octanol–water partition coefficient (Wildman–Crippen LogP) is 1.14. The van der Waals surface area contributed by atoms with Gasteiger partial charge in [0.1, 0.15) is 6.54 Å². The normalized spacial score (nSPS) is 10.6. The van der Waals surface area contributed by atoms with Crippen molar-refractivity contribution < 1.29 is 4.79 Å². The van der Waals surface area contributed by atoms with Gasteiger partial charge in [-0.05, 0) is 32.0 Å². The van der Waals surface area contributed by atoms with Crippen LogP contribution >= 0.6 is 0 Å².